The van der Waals surface area contributed by atoms with Crippen molar-refractivity contribution < 1.29 is 9.15 Å². The number of ether oxygens (including phenoxy) is 1. The van der Waals surface area contributed by atoms with E-state index < -0.39 is 0 Å². The van der Waals surface area contributed by atoms with Crippen molar-refractivity contribution in [3.05, 3.63) is 29.1 Å². The third kappa shape index (κ3) is 1.71. The number of benzene rings is 1. The number of nitrogens with zero attached hydrogens (tertiary/aromatic N) is 1. The van der Waals surface area contributed by atoms with E-state index in [9.17, 15) is 0 Å². The van der Waals surface area contributed by atoms with E-state index in [1.165, 1.54) is 0 Å². The highest BCUT2D eigenvalue weighted by Gasteiger charge is 2.13. The van der Waals surface area contributed by atoms with Crippen molar-refractivity contribution in [1.29, 1.82) is 0 Å². The lowest BCUT2D eigenvalue weighted by molar-refractivity contribution is 0.326. The van der Waals surface area contributed by atoms with E-state index in [0.29, 0.717) is 12.5 Å². The fourth-order valence-electron chi connectivity index (χ4n) is 1.74. The maximum absolute atomic E-state index is 5.54. The van der Waals surface area contributed by atoms with Crippen molar-refractivity contribution in [2.45, 2.75) is 6.92 Å². The molecule has 0 aliphatic rings. The Morgan fingerprint density at radius 2 is 2.24 bits per heavy atom. The zero-order valence-corrected chi connectivity index (χ0v) is 10.7. The van der Waals surface area contributed by atoms with Crippen LogP contribution >= 0.6 is 23.6 Å². The van der Waals surface area contributed by atoms with Crippen LogP contribution in [-0.2, 0) is 0 Å². The van der Waals surface area contributed by atoms with Crippen molar-refractivity contribution in [2.75, 3.05) is 6.61 Å². The van der Waals surface area contributed by atoms with Gasteiger partial charge in [-0.25, -0.2) is 0 Å². The Labute approximate surface area is 107 Å². The van der Waals surface area contributed by atoms with E-state index in [2.05, 4.69) is 4.98 Å². The highest BCUT2D eigenvalue weighted by Crippen LogP contribution is 2.37. The zero-order valence-electron chi connectivity index (χ0n) is 9.10. The lowest BCUT2D eigenvalue weighted by Crippen LogP contribution is -1.94. The summed E-state index contributed by atoms with van der Waals surface area (Å²) in [6, 6.07) is 8.05. The molecule has 0 bridgehead atoms. The third-order valence-electron chi connectivity index (χ3n) is 2.41. The van der Waals surface area contributed by atoms with Crippen molar-refractivity contribution in [3.63, 3.8) is 0 Å². The van der Waals surface area contributed by atoms with E-state index in [-0.39, 0.29) is 4.84 Å². The SMILES string of the molecule is CCOc1nc(=S)oc2c1sc1ccccc12. The number of fused-ring (bicyclic) bond motifs is 3. The quantitative estimate of drug-likeness (QED) is 0.650. The Morgan fingerprint density at radius 3 is 3.06 bits per heavy atom. The van der Waals surface area contributed by atoms with Crippen molar-refractivity contribution in [3.8, 4) is 5.88 Å². The van der Waals surface area contributed by atoms with E-state index >= 15 is 0 Å². The fraction of sp³-hybridized carbons (Fsp3) is 0.167. The molecule has 0 radical (unpaired) electrons. The molecular formula is C12H9NO2S2. The first-order valence-corrected chi connectivity index (χ1v) is 6.47. The van der Waals surface area contributed by atoms with Gasteiger partial charge >= 0.3 is 0 Å². The van der Waals surface area contributed by atoms with Crippen LogP contribution in [-0.4, -0.2) is 11.6 Å². The van der Waals surface area contributed by atoms with Crippen LogP contribution in [0.5, 0.6) is 5.88 Å². The van der Waals surface area contributed by atoms with Crippen LogP contribution in [0, 0.1) is 4.84 Å². The zero-order chi connectivity index (χ0) is 11.8. The number of thiophene rings is 1. The highest BCUT2D eigenvalue weighted by molar-refractivity contribution is 7.71. The largest absolute Gasteiger partial charge is 0.477 e. The molecule has 3 aromatic rings. The van der Waals surface area contributed by atoms with Gasteiger partial charge in [0.2, 0.25) is 5.88 Å². The molecule has 86 valence electrons. The second-order valence-electron chi connectivity index (χ2n) is 3.47. The first kappa shape index (κ1) is 10.7. The summed E-state index contributed by atoms with van der Waals surface area (Å²) in [6.07, 6.45) is 0. The number of rotatable bonds is 2. The van der Waals surface area contributed by atoms with Crippen LogP contribution in [0.15, 0.2) is 28.7 Å². The molecule has 0 fully saturated rings. The van der Waals surface area contributed by atoms with Crippen LogP contribution in [0.4, 0.5) is 0 Å². The van der Waals surface area contributed by atoms with Gasteiger partial charge in [0.15, 0.2) is 5.58 Å². The van der Waals surface area contributed by atoms with Crippen LogP contribution in [0.1, 0.15) is 6.92 Å². The molecule has 0 atom stereocenters. The van der Waals surface area contributed by atoms with Gasteiger partial charge in [-0.1, -0.05) is 12.1 Å². The smallest absolute Gasteiger partial charge is 0.292 e. The normalized spacial score (nSPS) is 11.1. The predicted octanol–water partition coefficient (Wildman–Crippen LogP) is 4.17. The lowest BCUT2D eigenvalue weighted by Gasteiger charge is -2.01. The first-order valence-electron chi connectivity index (χ1n) is 5.25. The minimum absolute atomic E-state index is 0.213. The van der Waals surface area contributed by atoms with E-state index in [4.69, 9.17) is 21.4 Å². The van der Waals surface area contributed by atoms with Crippen molar-refractivity contribution >= 4 is 43.9 Å². The number of hydrogen-bond donors (Lipinski definition) is 0. The summed E-state index contributed by atoms with van der Waals surface area (Å²) in [5.41, 5.74) is 0.772. The van der Waals surface area contributed by atoms with Crippen LogP contribution < -0.4 is 4.74 Å². The summed E-state index contributed by atoms with van der Waals surface area (Å²) < 4.78 is 13.1. The summed E-state index contributed by atoms with van der Waals surface area (Å²) >= 11 is 6.63. The lowest BCUT2D eigenvalue weighted by atomic mass is 10.2. The molecule has 0 N–H and O–H groups in total. The Kier molecular flexibility index (Phi) is 2.57. The van der Waals surface area contributed by atoms with Crippen molar-refractivity contribution in [1.82, 2.24) is 4.98 Å². The molecule has 0 aliphatic heterocycles. The molecule has 0 spiro atoms. The second-order valence-corrected chi connectivity index (χ2v) is 4.88. The first-order chi connectivity index (χ1) is 8.29. The molecule has 0 saturated heterocycles. The number of aromatic nitrogens is 1. The minimum Gasteiger partial charge on any atom is -0.477 e. The van der Waals surface area contributed by atoms with Gasteiger partial charge in [-0.15, -0.1) is 11.3 Å². The maximum Gasteiger partial charge on any atom is 0.292 e. The fourth-order valence-corrected chi connectivity index (χ4v) is 2.98. The topological polar surface area (TPSA) is 35.3 Å². The van der Waals surface area contributed by atoms with Gasteiger partial charge in [0.25, 0.3) is 4.84 Å². The molecule has 2 heterocycles. The second kappa shape index (κ2) is 4.09. The predicted molar refractivity (Wildman–Crippen MR) is 71.4 cm³/mol. The molecule has 0 unspecified atom stereocenters. The van der Waals surface area contributed by atoms with Gasteiger partial charge < -0.3 is 9.15 Å². The molecule has 0 amide bonds. The molecule has 5 heteroatoms. The highest BCUT2D eigenvalue weighted by atomic mass is 32.1. The minimum atomic E-state index is 0.213. The van der Waals surface area contributed by atoms with Gasteiger partial charge in [-0.2, -0.15) is 4.98 Å². The van der Waals surface area contributed by atoms with Gasteiger partial charge in [-0.05, 0) is 31.3 Å². The van der Waals surface area contributed by atoms with Crippen LogP contribution in [0.25, 0.3) is 20.4 Å². The summed E-state index contributed by atoms with van der Waals surface area (Å²) in [5, 5.41) is 1.06. The Morgan fingerprint density at radius 1 is 1.41 bits per heavy atom. The molecule has 0 aliphatic carbocycles. The van der Waals surface area contributed by atoms with E-state index in [0.717, 1.165) is 20.4 Å². The Balaban J connectivity index is 2.46. The van der Waals surface area contributed by atoms with Crippen LogP contribution in [0.3, 0.4) is 0 Å². The van der Waals surface area contributed by atoms with Gasteiger partial charge in [0.05, 0.1) is 6.61 Å². The maximum atomic E-state index is 5.54. The average molecular weight is 263 g/mol. The van der Waals surface area contributed by atoms with Gasteiger partial charge in [0.1, 0.15) is 4.70 Å². The molecule has 3 rings (SSSR count). The molecular weight excluding hydrogens is 254 g/mol. The summed E-state index contributed by atoms with van der Waals surface area (Å²) in [7, 11) is 0. The van der Waals surface area contributed by atoms with Crippen LogP contribution in [0.2, 0.25) is 0 Å². The third-order valence-corrected chi connectivity index (χ3v) is 3.72. The Bertz CT molecular complexity index is 745. The monoisotopic (exact) mass is 263 g/mol. The van der Waals surface area contributed by atoms with Gasteiger partial charge in [0, 0.05) is 10.1 Å². The van der Waals surface area contributed by atoms with E-state index in [1.54, 1.807) is 11.3 Å². The molecule has 0 saturated carbocycles. The molecule has 17 heavy (non-hydrogen) atoms. The molecule has 2 aromatic heterocycles. The summed E-state index contributed by atoms with van der Waals surface area (Å²) in [6.45, 7) is 2.49. The standard InChI is InChI=1S/C12H9NO2S2/c1-2-14-11-10-9(15-12(16)13-11)7-5-3-4-6-8(7)17-10/h3-6H,2H2,1H3. The Hall–Kier alpha value is -1.46. The molecule has 3 nitrogen and oxygen atoms in total. The summed E-state index contributed by atoms with van der Waals surface area (Å²) in [5.74, 6) is 0.569. The van der Waals surface area contributed by atoms with Gasteiger partial charge in [-0.3, -0.25) is 0 Å². The molecule has 1 aromatic carbocycles. The average Bonchev–Trinajstić information content (AvgIpc) is 2.69. The number of hydrogen-bond acceptors (Lipinski definition) is 5. The van der Waals surface area contributed by atoms with E-state index in [1.807, 2.05) is 31.2 Å². The summed E-state index contributed by atoms with van der Waals surface area (Å²) in [4.78, 5) is 4.34. The van der Waals surface area contributed by atoms with Crippen molar-refractivity contribution in [2.24, 2.45) is 0 Å².